The number of likely N-dealkylation sites (tertiary alicyclic amines) is 1. The zero-order valence-corrected chi connectivity index (χ0v) is 15.1. The number of aromatic nitrogens is 2. The maximum Gasteiger partial charge on any atom is 0.257 e. The van der Waals surface area contributed by atoms with E-state index in [0.29, 0.717) is 16.0 Å². The van der Waals surface area contributed by atoms with Crippen LogP contribution in [-0.4, -0.2) is 33.7 Å². The van der Waals surface area contributed by atoms with E-state index in [2.05, 4.69) is 0 Å². The fourth-order valence-electron chi connectivity index (χ4n) is 3.38. The highest BCUT2D eigenvalue weighted by Crippen LogP contribution is 2.42. The monoisotopic (exact) mass is 363 g/mol. The molecule has 1 saturated heterocycles. The Balaban J connectivity index is 1.80. The van der Waals surface area contributed by atoms with Crippen molar-refractivity contribution in [3.8, 4) is 5.69 Å². The Kier molecular flexibility index (Phi) is 4.05. The second-order valence-corrected chi connectivity index (χ2v) is 7.44. The number of carbonyl (C=O) groups is 1. The molecule has 0 unspecified atom stereocenters. The molecule has 0 radical (unpaired) electrons. The fourth-order valence-corrected chi connectivity index (χ4v) is 3.67. The van der Waals surface area contributed by atoms with Crippen molar-refractivity contribution in [2.75, 3.05) is 13.1 Å². The van der Waals surface area contributed by atoms with Gasteiger partial charge in [0.15, 0.2) is 0 Å². The molecule has 2 aliphatic rings. The Morgan fingerprint density at radius 3 is 2.50 bits per heavy atom. The van der Waals surface area contributed by atoms with Crippen molar-refractivity contribution in [1.82, 2.24) is 14.7 Å². The Labute approximate surface area is 151 Å². The van der Waals surface area contributed by atoms with E-state index in [-0.39, 0.29) is 5.91 Å². The third kappa shape index (κ3) is 2.72. The van der Waals surface area contributed by atoms with Crippen LogP contribution in [-0.2, 0) is 0 Å². The quantitative estimate of drug-likeness (QED) is 0.798. The molecule has 1 aromatic heterocycles. The summed E-state index contributed by atoms with van der Waals surface area (Å²) < 4.78 is 1.83. The summed E-state index contributed by atoms with van der Waals surface area (Å²) in [4.78, 5) is 15.0. The lowest BCUT2D eigenvalue weighted by atomic mass is 10.1. The van der Waals surface area contributed by atoms with Crippen molar-refractivity contribution in [2.45, 2.75) is 38.5 Å². The van der Waals surface area contributed by atoms with Crippen molar-refractivity contribution >= 4 is 29.1 Å². The van der Waals surface area contributed by atoms with Crippen LogP contribution >= 0.6 is 23.2 Å². The number of hydrogen-bond donors (Lipinski definition) is 0. The minimum absolute atomic E-state index is 0.123. The molecule has 2 fully saturated rings. The number of nitrogens with zero attached hydrogens (tertiary/aromatic N) is 3. The highest BCUT2D eigenvalue weighted by atomic mass is 35.5. The molecule has 6 heteroatoms. The van der Waals surface area contributed by atoms with E-state index in [4.69, 9.17) is 28.3 Å². The third-order valence-corrected chi connectivity index (χ3v) is 5.60. The third-order valence-electron chi connectivity index (χ3n) is 4.86. The molecule has 1 aliphatic carbocycles. The van der Waals surface area contributed by atoms with Crippen LogP contribution in [0.4, 0.5) is 0 Å². The van der Waals surface area contributed by atoms with Gasteiger partial charge in [-0.1, -0.05) is 23.2 Å². The highest BCUT2D eigenvalue weighted by molar-refractivity contribution is 6.42. The minimum atomic E-state index is 0.123. The van der Waals surface area contributed by atoms with Crippen LogP contribution < -0.4 is 0 Å². The minimum Gasteiger partial charge on any atom is -0.339 e. The Morgan fingerprint density at radius 1 is 1.17 bits per heavy atom. The lowest BCUT2D eigenvalue weighted by molar-refractivity contribution is 0.0791. The van der Waals surface area contributed by atoms with Crippen LogP contribution in [0.5, 0.6) is 0 Å². The van der Waals surface area contributed by atoms with Gasteiger partial charge in [-0.15, -0.1) is 0 Å². The van der Waals surface area contributed by atoms with Gasteiger partial charge in [-0.05, 0) is 50.8 Å². The Morgan fingerprint density at radius 2 is 1.88 bits per heavy atom. The summed E-state index contributed by atoms with van der Waals surface area (Å²) in [6, 6.07) is 5.44. The maximum atomic E-state index is 13.0. The molecule has 2 heterocycles. The summed E-state index contributed by atoms with van der Waals surface area (Å²) in [6.45, 7) is 3.66. The summed E-state index contributed by atoms with van der Waals surface area (Å²) in [5.74, 6) is 0.535. The zero-order chi connectivity index (χ0) is 16.8. The van der Waals surface area contributed by atoms with Crippen molar-refractivity contribution in [3.05, 3.63) is 45.2 Å². The summed E-state index contributed by atoms with van der Waals surface area (Å²) in [6.07, 6.45) is 4.39. The molecule has 24 heavy (non-hydrogen) atoms. The first-order chi connectivity index (χ1) is 11.6. The molecular weight excluding hydrogens is 345 g/mol. The molecular formula is C18H19Cl2N3O. The molecule has 1 amide bonds. The Hall–Kier alpha value is -1.52. The van der Waals surface area contributed by atoms with E-state index >= 15 is 0 Å². The molecule has 1 saturated carbocycles. The molecule has 4 rings (SSSR count). The molecule has 0 bridgehead atoms. The largest absolute Gasteiger partial charge is 0.339 e. The number of amides is 1. The second-order valence-electron chi connectivity index (χ2n) is 6.63. The van der Waals surface area contributed by atoms with Gasteiger partial charge in [0, 0.05) is 19.0 Å². The van der Waals surface area contributed by atoms with E-state index in [9.17, 15) is 4.79 Å². The first-order valence-corrected chi connectivity index (χ1v) is 9.16. The summed E-state index contributed by atoms with van der Waals surface area (Å²) in [7, 11) is 0. The summed E-state index contributed by atoms with van der Waals surface area (Å²) in [5, 5.41) is 5.78. The lowest BCUT2D eigenvalue weighted by Gasteiger charge is -2.16. The van der Waals surface area contributed by atoms with Gasteiger partial charge >= 0.3 is 0 Å². The van der Waals surface area contributed by atoms with Gasteiger partial charge in [-0.2, -0.15) is 5.10 Å². The number of halogens is 2. The number of carbonyl (C=O) groups excluding carboxylic acids is 1. The van der Waals surface area contributed by atoms with Crippen molar-refractivity contribution in [2.24, 2.45) is 0 Å². The van der Waals surface area contributed by atoms with Crippen molar-refractivity contribution in [3.63, 3.8) is 0 Å². The van der Waals surface area contributed by atoms with Crippen molar-refractivity contribution < 1.29 is 4.79 Å². The van der Waals surface area contributed by atoms with E-state index < -0.39 is 0 Å². The van der Waals surface area contributed by atoms with E-state index in [1.807, 2.05) is 22.6 Å². The molecule has 4 nitrogen and oxygen atoms in total. The van der Waals surface area contributed by atoms with Crippen molar-refractivity contribution in [1.29, 1.82) is 0 Å². The van der Waals surface area contributed by atoms with Crippen LogP contribution in [0.15, 0.2) is 18.2 Å². The van der Waals surface area contributed by atoms with Gasteiger partial charge in [0.25, 0.3) is 5.91 Å². The van der Waals surface area contributed by atoms with Crippen LogP contribution in [0.2, 0.25) is 10.0 Å². The zero-order valence-electron chi connectivity index (χ0n) is 13.6. The van der Waals surface area contributed by atoms with Gasteiger partial charge in [-0.25, -0.2) is 4.68 Å². The van der Waals surface area contributed by atoms with Gasteiger partial charge in [-0.3, -0.25) is 4.79 Å². The smallest absolute Gasteiger partial charge is 0.257 e. The highest BCUT2D eigenvalue weighted by Gasteiger charge is 2.35. The molecule has 126 valence electrons. The van der Waals surface area contributed by atoms with Crippen LogP contribution in [0, 0.1) is 6.92 Å². The molecule has 0 N–H and O–H groups in total. The van der Waals surface area contributed by atoms with Gasteiger partial charge < -0.3 is 4.90 Å². The molecule has 1 aliphatic heterocycles. The van der Waals surface area contributed by atoms with Crippen LogP contribution in [0.1, 0.15) is 53.3 Å². The summed E-state index contributed by atoms with van der Waals surface area (Å²) >= 11 is 12.2. The maximum absolute atomic E-state index is 13.0. The SMILES string of the molecule is Cc1c(C(=O)N2CCCC2)c(C2CC2)nn1-c1ccc(Cl)c(Cl)c1. The standard InChI is InChI=1S/C18H19Cl2N3O/c1-11-16(18(24)22-8-2-3-9-22)17(12-4-5-12)21-23(11)13-6-7-14(19)15(20)10-13/h6-7,10,12H,2-5,8-9H2,1H3. The normalized spacial score (nSPS) is 17.5. The number of benzene rings is 1. The van der Waals surface area contributed by atoms with Crippen LogP contribution in [0.25, 0.3) is 5.69 Å². The van der Waals surface area contributed by atoms with E-state index in [1.54, 1.807) is 12.1 Å². The van der Waals surface area contributed by atoms with Crippen LogP contribution in [0.3, 0.4) is 0 Å². The predicted molar refractivity (Wildman–Crippen MR) is 95.4 cm³/mol. The first kappa shape index (κ1) is 16.0. The topological polar surface area (TPSA) is 38.1 Å². The second kappa shape index (κ2) is 6.08. The average Bonchev–Trinajstić information content (AvgIpc) is 3.14. The number of rotatable bonds is 3. The van der Waals surface area contributed by atoms with Gasteiger partial charge in [0.2, 0.25) is 0 Å². The molecule has 0 spiro atoms. The predicted octanol–water partition coefficient (Wildman–Crippen LogP) is 4.60. The first-order valence-electron chi connectivity index (χ1n) is 8.40. The van der Waals surface area contributed by atoms with E-state index in [0.717, 1.165) is 61.4 Å². The van der Waals surface area contributed by atoms with Gasteiger partial charge in [0.05, 0.1) is 32.7 Å². The molecule has 1 aromatic carbocycles. The molecule has 0 atom stereocenters. The number of hydrogen-bond acceptors (Lipinski definition) is 2. The fraction of sp³-hybridized carbons (Fsp3) is 0.444. The summed E-state index contributed by atoms with van der Waals surface area (Å²) in [5.41, 5.74) is 3.44. The Bertz CT molecular complexity index is 805. The van der Waals surface area contributed by atoms with Gasteiger partial charge in [0.1, 0.15) is 0 Å². The average molecular weight is 364 g/mol. The molecule has 2 aromatic rings. The van der Waals surface area contributed by atoms with E-state index in [1.165, 1.54) is 0 Å². The lowest BCUT2D eigenvalue weighted by Crippen LogP contribution is -2.28.